The highest BCUT2D eigenvalue weighted by atomic mass is 32.2. The number of rotatable bonds is 6. The topological polar surface area (TPSA) is 79.4 Å². The van der Waals surface area contributed by atoms with E-state index in [0.717, 1.165) is 14.9 Å². The lowest BCUT2D eigenvalue weighted by Gasteiger charge is -2.11. The first-order chi connectivity index (χ1) is 13.7. The molecule has 0 bridgehead atoms. The van der Waals surface area contributed by atoms with Crippen molar-refractivity contribution in [1.82, 2.24) is 9.29 Å². The van der Waals surface area contributed by atoms with Gasteiger partial charge >= 0.3 is 0 Å². The van der Waals surface area contributed by atoms with Gasteiger partial charge in [0.15, 0.2) is 0 Å². The highest BCUT2D eigenvalue weighted by Crippen LogP contribution is 2.26. The van der Waals surface area contributed by atoms with Crippen molar-refractivity contribution in [3.05, 3.63) is 65.2 Å². The number of carbonyl (C=O) groups excluding carboxylic acids is 1. The van der Waals surface area contributed by atoms with Gasteiger partial charge in [-0.05, 0) is 35.7 Å². The third-order valence-electron chi connectivity index (χ3n) is 4.45. The van der Waals surface area contributed by atoms with Crippen LogP contribution in [0.3, 0.4) is 0 Å². The maximum atomic E-state index is 12.5. The average molecular weight is 430 g/mol. The molecule has 2 aromatic carbocycles. The highest BCUT2D eigenvalue weighted by molar-refractivity contribution is 7.89. The lowest BCUT2D eigenvalue weighted by Crippen LogP contribution is -2.22. The molecule has 29 heavy (non-hydrogen) atoms. The van der Waals surface area contributed by atoms with E-state index in [1.165, 1.54) is 43.1 Å². The second kappa shape index (κ2) is 8.44. The van der Waals surface area contributed by atoms with Gasteiger partial charge in [-0.3, -0.25) is 4.79 Å². The second-order valence-corrected chi connectivity index (χ2v) is 10.1. The molecule has 3 rings (SSSR count). The number of benzene rings is 2. The molecule has 0 atom stereocenters. The summed E-state index contributed by atoms with van der Waals surface area (Å²) in [6.45, 7) is 4.28. The van der Waals surface area contributed by atoms with Gasteiger partial charge in [0.2, 0.25) is 10.0 Å². The summed E-state index contributed by atoms with van der Waals surface area (Å²) in [7, 11) is -0.553. The summed E-state index contributed by atoms with van der Waals surface area (Å²) < 4.78 is 25.4. The second-order valence-electron chi connectivity index (χ2n) is 7.08. The largest absolute Gasteiger partial charge is 0.321 e. The van der Waals surface area contributed by atoms with Crippen LogP contribution in [0.25, 0.3) is 10.6 Å². The summed E-state index contributed by atoms with van der Waals surface area (Å²) >= 11 is 1.41. The molecule has 1 N–H and O–H groups in total. The molecule has 0 fully saturated rings. The summed E-state index contributed by atoms with van der Waals surface area (Å²) in [5.41, 5.74) is 3.05. The number of nitrogens with one attached hydrogen (secondary N) is 1. The fourth-order valence-electron chi connectivity index (χ4n) is 2.64. The van der Waals surface area contributed by atoms with Gasteiger partial charge in [-0.2, -0.15) is 0 Å². The third-order valence-corrected chi connectivity index (χ3v) is 7.17. The number of thiazole rings is 1. The molecule has 1 aromatic heterocycles. The number of anilines is 1. The van der Waals surface area contributed by atoms with Crippen LogP contribution in [0.5, 0.6) is 0 Å². The van der Waals surface area contributed by atoms with Gasteiger partial charge in [-0.1, -0.05) is 38.1 Å². The summed E-state index contributed by atoms with van der Waals surface area (Å²) in [6.07, 6.45) is 0. The van der Waals surface area contributed by atoms with E-state index in [-0.39, 0.29) is 10.8 Å². The number of sulfonamides is 1. The molecule has 1 amide bonds. The van der Waals surface area contributed by atoms with Crippen molar-refractivity contribution in [3.8, 4) is 10.6 Å². The van der Waals surface area contributed by atoms with Gasteiger partial charge in [0.1, 0.15) is 10.7 Å². The van der Waals surface area contributed by atoms with Crippen LogP contribution in [0.2, 0.25) is 0 Å². The Labute approximate surface area is 175 Å². The van der Waals surface area contributed by atoms with E-state index in [1.54, 1.807) is 17.5 Å². The van der Waals surface area contributed by atoms with Crippen LogP contribution in [-0.4, -0.2) is 37.7 Å². The molecule has 152 valence electrons. The maximum absolute atomic E-state index is 12.5. The summed E-state index contributed by atoms with van der Waals surface area (Å²) in [4.78, 5) is 17.1. The number of hydrogen-bond donors (Lipinski definition) is 1. The summed E-state index contributed by atoms with van der Waals surface area (Å²) in [5, 5.41) is 5.24. The van der Waals surface area contributed by atoms with Crippen molar-refractivity contribution in [2.24, 2.45) is 0 Å². The molecule has 8 heteroatoms. The van der Waals surface area contributed by atoms with Crippen LogP contribution in [-0.2, 0) is 10.0 Å². The van der Waals surface area contributed by atoms with E-state index >= 15 is 0 Å². The Hall–Kier alpha value is -2.55. The molecular formula is C21H23N3O3S2. The monoisotopic (exact) mass is 429 g/mol. The first kappa shape index (κ1) is 21.2. The molecule has 6 nitrogen and oxygen atoms in total. The minimum absolute atomic E-state index is 0.168. The zero-order valence-corrected chi connectivity index (χ0v) is 18.3. The van der Waals surface area contributed by atoms with E-state index in [1.807, 2.05) is 12.1 Å². The van der Waals surface area contributed by atoms with Gasteiger partial charge in [0.05, 0.1) is 4.90 Å². The molecular weight excluding hydrogens is 406 g/mol. The van der Waals surface area contributed by atoms with Crippen LogP contribution < -0.4 is 5.32 Å². The molecule has 0 spiro atoms. The van der Waals surface area contributed by atoms with E-state index < -0.39 is 10.0 Å². The molecule has 0 radical (unpaired) electrons. The van der Waals surface area contributed by atoms with Crippen LogP contribution in [0.4, 0.5) is 5.69 Å². The Balaban J connectivity index is 1.72. The average Bonchev–Trinajstić information content (AvgIpc) is 3.19. The number of aromatic nitrogens is 1. The minimum Gasteiger partial charge on any atom is -0.321 e. The Kier molecular flexibility index (Phi) is 6.16. The zero-order valence-electron chi connectivity index (χ0n) is 16.7. The lowest BCUT2D eigenvalue weighted by molar-refractivity contribution is 0.102. The molecule has 0 aliphatic carbocycles. The minimum atomic E-state index is -3.50. The van der Waals surface area contributed by atoms with Crippen molar-refractivity contribution in [3.63, 3.8) is 0 Å². The molecule has 1 heterocycles. The Morgan fingerprint density at radius 2 is 1.66 bits per heavy atom. The van der Waals surface area contributed by atoms with Gasteiger partial charge in [0.25, 0.3) is 5.91 Å². The molecule has 3 aromatic rings. The smallest absolute Gasteiger partial charge is 0.275 e. The first-order valence-electron chi connectivity index (χ1n) is 9.08. The van der Waals surface area contributed by atoms with E-state index in [9.17, 15) is 13.2 Å². The van der Waals surface area contributed by atoms with Gasteiger partial charge in [-0.15, -0.1) is 11.3 Å². The van der Waals surface area contributed by atoms with Gasteiger partial charge in [0, 0.05) is 30.7 Å². The van der Waals surface area contributed by atoms with Crippen LogP contribution in [0.1, 0.15) is 35.8 Å². The molecule has 0 saturated carbocycles. The fraction of sp³-hybridized carbons (Fsp3) is 0.238. The predicted molar refractivity (Wildman–Crippen MR) is 117 cm³/mol. The van der Waals surface area contributed by atoms with Crippen LogP contribution in [0.15, 0.2) is 58.8 Å². The van der Waals surface area contributed by atoms with E-state index in [4.69, 9.17) is 0 Å². The lowest BCUT2D eigenvalue weighted by atomic mass is 10.0. The highest BCUT2D eigenvalue weighted by Gasteiger charge is 2.17. The summed E-state index contributed by atoms with van der Waals surface area (Å²) in [5.74, 6) is 0.121. The van der Waals surface area contributed by atoms with Gasteiger partial charge < -0.3 is 5.32 Å². The Bertz CT molecular complexity index is 1100. The predicted octanol–water partition coefficient (Wildman–Crippen LogP) is 4.44. The number of carbonyl (C=O) groups is 1. The fourth-order valence-corrected chi connectivity index (χ4v) is 4.35. The quantitative estimate of drug-likeness (QED) is 0.628. The first-order valence-corrected chi connectivity index (χ1v) is 11.4. The molecule has 0 aliphatic heterocycles. The molecule has 0 aliphatic rings. The maximum Gasteiger partial charge on any atom is 0.275 e. The normalized spacial score (nSPS) is 11.8. The number of hydrogen-bond acceptors (Lipinski definition) is 5. The Morgan fingerprint density at radius 3 is 2.21 bits per heavy atom. The van der Waals surface area contributed by atoms with Crippen molar-refractivity contribution in [1.29, 1.82) is 0 Å². The SMILES string of the molecule is CC(C)c1ccc(-c2nc(C(=O)Nc3ccc(S(=O)(=O)N(C)C)cc3)cs2)cc1. The van der Waals surface area contributed by atoms with Crippen LogP contribution in [0, 0.1) is 0 Å². The zero-order chi connectivity index (χ0) is 21.2. The molecule has 0 unspecified atom stereocenters. The Morgan fingerprint density at radius 1 is 1.03 bits per heavy atom. The number of nitrogens with zero attached hydrogens (tertiary/aromatic N) is 2. The summed E-state index contributed by atoms with van der Waals surface area (Å²) in [6, 6.07) is 14.2. The van der Waals surface area contributed by atoms with Crippen molar-refractivity contribution < 1.29 is 13.2 Å². The van der Waals surface area contributed by atoms with Crippen molar-refractivity contribution >= 4 is 33.0 Å². The standard InChI is InChI=1S/C21H23N3O3S2/c1-14(2)15-5-7-16(8-6-15)21-23-19(13-28-21)20(25)22-17-9-11-18(12-10-17)29(26,27)24(3)4/h5-14H,1-4H3,(H,22,25). The third kappa shape index (κ3) is 4.72. The number of amides is 1. The molecule has 0 saturated heterocycles. The van der Waals surface area contributed by atoms with E-state index in [2.05, 4.69) is 36.3 Å². The van der Waals surface area contributed by atoms with Crippen molar-refractivity contribution in [2.45, 2.75) is 24.7 Å². The van der Waals surface area contributed by atoms with Crippen LogP contribution >= 0.6 is 11.3 Å². The van der Waals surface area contributed by atoms with Crippen molar-refractivity contribution in [2.75, 3.05) is 19.4 Å². The van der Waals surface area contributed by atoms with Gasteiger partial charge in [-0.25, -0.2) is 17.7 Å². The van der Waals surface area contributed by atoms with E-state index in [0.29, 0.717) is 17.3 Å².